The van der Waals surface area contributed by atoms with Crippen molar-refractivity contribution in [2.24, 2.45) is 0 Å². The Morgan fingerprint density at radius 1 is 1.25 bits per heavy atom. The number of aromatic nitrogens is 2. The number of thiocyanates is 1. The number of nitriles is 1. The Labute approximate surface area is 96.6 Å². The van der Waals surface area contributed by atoms with Gasteiger partial charge in [-0.15, -0.1) is 0 Å². The molecule has 16 heavy (non-hydrogen) atoms. The molecule has 0 aliphatic carbocycles. The van der Waals surface area contributed by atoms with Crippen LogP contribution in [-0.2, 0) is 0 Å². The highest BCUT2D eigenvalue weighted by Gasteiger charge is 1.93. The van der Waals surface area contributed by atoms with Crippen molar-refractivity contribution in [3.8, 4) is 5.40 Å². The van der Waals surface area contributed by atoms with E-state index in [2.05, 4.69) is 14.7 Å². The molecular formula is C11H7N3OS. The Kier molecular flexibility index (Phi) is 3.36. The van der Waals surface area contributed by atoms with Gasteiger partial charge in [0.05, 0.1) is 0 Å². The van der Waals surface area contributed by atoms with Crippen molar-refractivity contribution in [3.05, 3.63) is 42.0 Å². The summed E-state index contributed by atoms with van der Waals surface area (Å²) in [6.07, 6.45) is 4.92. The number of hydrogen-bond acceptors (Lipinski definition) is 5. The van der Waals surface area contributed by atoms with Crippen LogP contribution in [0.25, 0.3) is 12.2 Å². The van der Waals surface area contributed by atoms with E-state index in [9.17, 15) is 0 Å². The van der Waals surface area contributed by atoms with Gasteiger partial charge in [0.2, 0.25) is 6.39 Å². The Morgan fingerprint density at radius 3 is 2.69 bits per heavy atom. The van der Waals surface area contributed by atoms with Crippen molar-refractivity contribution in [3.63, 3.8) is 0 Å². The van der Waals surface area contributed by atoms with E-state index in [1.807, 2.05) is 35.7 Å². The van der Waals surface area contributed by atoms with Crippen molar-refractivity contribution >= 4 is 23.9 Å². The van der Waals surface area contributed by atoms with Crippen molar-refractivity contribution in [1.82, 2.24) is 10.1 Å². The molecule has 0 saturated carbocycles. The smallest absolute Gasteiger partial charge is 0.214 e. The first-order chi connectivity index (χ1) is 7.88. The Hall–Kier alpha value is -2.06. The summed E-state index contributed by atoms with van der Waals surface area (Å²) in [5.41, 5.74) is 1.02. The van der Waals surface area contributed by atoms with Gasteiger partial charge in [-0.25, -0.2) is 0 Å². The van der Waals surface area contributed by atoms with Crippen LogP contribution in [0, 0.1) is 10.7 Å². The third-order valence-corrected chi connectivity index (χ3v) is 2.45. The Balaban J connectivity index is 2.08. The van der Waals surface area contributed by atoms with Crippen LogP contribution < -0.4 is 0 Å². The monoisotopic (exact) mass is 229 g/mol. The first-order valence-corrected chi connectivity index (χ1v) is 5.30. The molecule has 0 spiro atoms. The van der Waals surface area contributed by atoms with Gasteiger partial charge < -0.3 is 4.52 Å². The maximum absolute atomic E-state index is 8.49. The minimum absolute atomic E-state index is 0.537. The lowest BCUT2D eigenvalue weighted by atomic mass is 10.2. The summed E-state index contributed by atoms with van der Waals surface area (Å²) >= 11 is 1.14. The average molecular weight is 229 g/mol. The van der Waals surface area contributed by atoms with Crippen molar-refractivity contribution in [1.29, 1.82) is 5.26 Å². The predicted molar refractivity (Wildman–Crippen MR) is 61.1 cm³/mol. The van der Waals surface area contributed by atoms with Crippen LogP contribution in [0.4, 0.5) is 0 Å². The van der Waals surface area contributed by atoms with E-state index in [0.29, 0.717) is 5.82 Å². The maximum atomic E-state index is 8.49. The predicted octanol–water partition coefficient (Wildman–Crippen LogP) is 2.81. The highest BCUT2D eigenvalue weighted by atomic mass is 32.2. The molecule has 0 aliphatic heterocycles. The van der Waals surface area contributed by atoms with E-state index in [0.717, 1.165) is 22.2 Å². The number of thioether (sulfide) groups is 1. The van der Waals surface area contributed by atoms with Crippen LogP contribution in [0.3, 0.4) is 0 Å². The molecule has 0 aliphatic rings. The standard InChI is InChI=1S/C11H7N3OS/c12-7-16-10-4-1-9(2-5-10)3-6-11-13-8-15-14-11/h1-6,8H. The molecule has 0 atom stereocenters. The quantitative estimate of drug-likeness (QED) is 0.598. The molecule has 0 unspecified atom stereocenters. The molecule has 0 amide bonds. The normalized spacial score (nSPS) is 10.4. The van der Waals surface area contributed by atoms with Gasteiger partial charge in [0.25, 0.3) is 0 Å². The molecule has 4 nitrogen and oxygen atoms in total. The summed E-state index contributed by atoms with van der Waals surface area (Å²) in [7, 11) is 0. The highest BCUT2D eigenvalue weighted by molar-refractivity contribution is 8.03. The van der Waals surface area contributed by atoms with Crippen LogP contribution in [0.1, 0.15) is 11.4 Å². The zero-order valence-corrected chi connectivity index (χ0v) is 9.02. The molecule has 0 saturated heterocycles. The first-order valence-electron chi connectivity index (χ1n) is 4.49. The second-order valence-electron chi connectivity index (χ2n) is 2.89. The number of benzene rings is 1. The molecule has 2 rings (SSSR count). The summed E-state index contributed by atoms with van der Waals surface area (Å²) in [4.78, 5) is 4.80. The van der Waals surface area contributed by atoms with Crippen molar-refractivity contribution in [2.45, 2.75) is 4.90 Å². The van der Waals surface area contributed by atoms with Gasteiger partial charge in [-0.2, -0.15) is 10.2 Å². The van der Waals surface area contributed by atoms with E-state index >= 15 is 0 Å². The zero-order valence-electron chi connectivity index (χ0n) is 8.20. The molecule has 1 aromatic carbocycles. The van der Waals surface area contributed by atoms with E-state index < -0.39 is 0 Å². The third-order valence-electron chi connectivity index (χ3n) is 1.85. The van der Waals surface area contributed by atoms with Crippen LogP contribution in [-0.4, -0.2) is 10.1 Å². The Morgan fingerprint density at radius 2 is 2.06 bits per heavy atom. The van der Waals surface area contributed by atoms with Gasteiger partial charge in [-0.1, -0.05) is 23.4 Å². The minimum Gasteiger partial charge on any atom is -0.342 e. The Bertz CT molecular complexity index is 511. The summed E-state index contributed by atoms with van der Waals surface area (Å²) in [6.45, 7) is 0. The van der Waals surface area contributed by atoms with Crippen LogP contribution in [0.2, 0.25) is 0 Å². The van der Waals surface area contributed by atoms with Crippen LogP contribution in [0.15, 0.2) is 40.1 Å². The molecule has 0 radical (unpaired) electrons. The number of nitrogens with zero attached hydrogens (tertiary/aromatic N) is 3. The second-order valence-corrected chi connectivity index (χ2v) is 3.74. The maximum Gasteiger partial charge on any atom is 0.214 e. The fraction of sp³-hybridized carbons (Fsp3) is 0. The average Bonchev–Trinajstić information content (AvgIpc) is 2.82. The highest BCUT2D eigenvalue weighted by Crippen LogP contribution is 2.17. The van der Waals surface area contributed by atoms with Crippen LogP contribution in [0.5, 0.6) is 0 Å². The zero-order chi connectivity index (χ0) is 11.2. The molecule has 0 fully saturated rings. The van der Waals surface area contributed by atoms with Gasteiger partial charge in [0.15, 0.2) is 5.82 Å². The molecule has 78 valence electrons. The summed E-state index contributed by atoms with van der Waals surface area (Å²) in [6, 6.07) is 7.64. The molecule has 0 bridgehead atoms. The minimum atomic E-state index is 0.537. The lowest BCUT2D eigenvalue weighted by molar-refractivity contribution is 0.415. The van der Waals surface area contributed by atoms with Gasteiger partial charge in [0.1, 0.15) is 5.40 Å². The lowest BCUT2D eigenvalue weighted by Crippen LogP contribution is -1.75. The molecule has 1 aromatic heterocycles. The molecule has 5 heteroatoms. The number of hydrogen-bond donors (Lipinski definition) is 0. The van der Waals surface area contributed by atoms with Crippen LogP contribution >= 0.6 is 11.8 Å². The summed E-state index contributed by atoms with van der Waals surface area (Å²) < 4.78 is 4.60. The van der Waals surface area contributed by atoms with E-state index in [1.165, 1.54) is 6.39 Å². The summed E-state index contributed by atoms with van der Waals surface area (Å²) in [5, 5.41) is 14.2. The van der Waals surface area contributed by atoms with Crippen molar-refractivity contribution < 1.29 is 4.52 Å². The van der Waals surface area contributed by atoms with Gasteiger partial charge in [0, 0.05) is 4.90 Å². The number of rotatable bonds is 3. The lowest BCUT2D eigenvalue weighted by Gasteiger charge is -1.94. The molecular weight excluding hydrogens is 222 g/mol. The van der Waals surface area contributed by atoms with Gasteiger partial charge >= 0.3 is 0 Å². The van der Waals surface area contributed by atoms with E-state index in [1.54, 1.807) is 6.08 Å². The second kappa shape index (κ2) is 5.14. The molecule has 2 aromatic rings. The van der Waals surface area contributed by atoms with E-state index in [-0.39, 0.29) is 0 Å². The summed E-state index contributed by atoms with van der Waals surface area (Å²) in [5.74, 6) is 0.537. The fourth-order valence-corrected chi connectivity index (χ4v) is 1.50. The van der Waals surface area contributed by atoms with E-state index in [4.69, 9.17) is 5.26 Å². The largest absolute Gasteiger partial charge is 0.342 e. The topological polar surface area (TPSA) is 62.7 Å². The molecule has 1 heterocycles. The first kappa shape index (κ1) is 10.5. The molecule has 0 N–H and O–H groups in total. The van der Waals surface area contributed by atoms with Crippen molar-refractivity contribution in [2.75, 3.05) is 0 Å². The fourth-order valence-electron chi connectivity index (χ4n) is 1.12. The van der Waals surface area contributed by atoms with Gasteiger partial charge in [-0.3, -0.25) is 0 Å². The third kappa shape index (κ3) is 2.72. The van der Waals surface area contributed by atoms with Gasteiger partial charge in [-0.05, 0) is 35.5 Å². The SMILES string of the molecule is N#CSc1ccc(C=Cc2ncon2)cc1.